The van der Waals surface area contributed by atoms with E-state index in [4.69, 9.17) is 5.11 Å². The minimum absolute atomic E-state index is 0.132. The van der Waals surface area contributed by atoms with Gasteiger partial charge in [0.15, 0.2) is 0 Å². The average Bonchev–Trinajstić information content (AvgIpc) is 2.50. The number of aromatic carboxylic acids is 1. The van der Waals surface area contributed by atoms with Crippen molar-refractivity contribution in [3.63, 3.8) is 0 Å². The smallest absolute Gasteiger partial charge is 0.354 e. The standard InChI is InChI=1S/C6H5F3N2O2/c7-4(8)5(9)11-3(6(12)13)1-2-10-11/h1-2,4-5H,(H,12,13). The van der Waals surface area contributed by atoms with Crippen LogP contribution in [0.5, 0.6) is 0 Å². The van der Waals surface area contributed by atoms with Gasteiger partial charge in [0.05, 0.1) is 0 Å². The molecule has 0 aliphatic rings. The lowest BCUT2D eigenvalue weighted by Gasteiger charge is -2.08. The van der Waals surface area contributed by atoms with Gasteiger partial charge in [0.1, 0.15) is 5.69 Å². The van der Waals surface area contributed by atoms with Crippen molar-refractivity contribution in [3.05, 3.63) is 18.0 Å². The molecule has 0 fully saturated rings. The van der Waals surface area contributed by atoms with Gasteiger partial charge in [0.25, 0.3) is 12.7 Å². The first-order valence-corrected chi connectivity index (χ1v) is 3.23. The lowest BCUT2D eigenvalue weighted by molar-refractivity contribution is -0.00164. The first kappa shape index (κ1) is 9.56. The van der Waals surface area contributed by atoms with Crippen LogP contribution in [-0.2, 0) is 0 Å². The van der Waals surface area contributed by atoms with E-state index in [2.05, 4.69) is 5.10 Å². The molecule has 1 aromatic heterocycles. The molecule has 4 nitrogen and oxygen atoms in total. The van der Waals surface area contributed by atoms with Crippen LogP contribution in [0.3, 0.4) is 0 Å². The zero-order chi connectivity index (χ0) is 10.0. The Balaban J connectivity index is 3.00. The Morgan fingerprint density at radius 2 is 2.15 bits per heavy atom. The molecule has 0 radical (unpaired) electrons. The Kier molecular flexibility index (Phi) is 2.54. The summed E-state index contributed by atoms with van der Waals surface area (Å²) in [6, 6.07) is 0.942. The van der Waals surface area contributed by atoms with E-state index in [9.17, 15) is 18.0 Å². The molecule has 72 valence electrons. The number of carboxylic acid groups (broad SMARTS) is 1. The highest BCUT2D eigenvalue weighted by Gasteiger charge is 2.26. The lowest BCUT2D eigenvalue weighted by Crippen LogP contribution is -2.18. The van der Waals surface area contributed by atoms with Crippen molar-refractivity contribution in [2.45, 2.75) is 12.7 Å². The second-order valence-corrected chi connectivity index (χ2v) is 2.17. The number of nitrogens with zero attached hydrogens (tertiary/aromatic N) is 2. The topological polar surface area (TPSA) is 55.1 Å². The van der Waals surface area contributed by atoms with E-state index in [0.29, 0.717) is 0 Å². The molecule has 0 saturated heterocycles. The number of carbonyl (C=O) groups is 1. The Morgan fingerprint density at radius 1 is 1.54 bits per heavy atom. The Morgan fingerprint density at radius 3 is 2.62 bits per heavy atom. The van der Waals surface area contributed by atoms with Gasteiger partial charge in [-0.2, -0.15) is 5.10 Å². The monoisotopic (exact) mass is 194 g/mol. The van der Waals surface area contributed by atoms with Crippen LogP contribution in [0.15, 0.2) is 12.3 Å². The van der Waals surface area contributed by atoms with E-state index in [1.807, 2.05) is 0 Å². The summed E-state index contributed by atoms with van der Waals surface area (Å²) in [5, 5.41) is 11.6. The van der Waals surface area contributed by atoms with Gasteiger partial charge in [-0.05, 0) is 6.07 Å². The predicted octanol–water partition coefficient (Wildman–Crippen LogP) is 1.31. The second kappa shape index (κ2) is 3.46. The quantitative estimate of drug-likeness (QED) is 0.789. The van der Waals surface area contributed by atoms with Crippen molar-refractivity contribution in [1.82, 2.24) is 9.78 Å². The van der Waals surface area contributed by atoms with E-state index in [-0.39, 0.29) is 4.68 Å². The summed E-state index contributed by atoms with van der Waals surface area (Å²) in [6.07, 6.45) is -5.07. The fourth-order valence-electron chi connectivity index (χ4n) is 0.787. The maximum Gasteiger partial charge on any atom is 0.354 e. The predicted molar refractivity (Wildman–Crippen MR) is 35.3 cm³/mol. The number of carboxylic acids is 1. The highest BCUT2D eigenvalue weighted by Crippen LogP contribution is 2.18. The number of hydrogen-bond acceptors (Lipinski definition) is 2. The number of hydrogen-bond donors (Lipinski definition) is 1. The van der Waals surface area contributed by atoms with Gasteiger partial charge in [-0.1, -0.05) is 0 Å². The van der Waals surface area contributed by atoms with Crippen LogP contribution in [-0.4, -0.2) is 27.3 Å². The molecule has 0 spiro atoms. The normalized spacial score (nSPS) is 13.2. The maximum absolute atomic E-state index is 12.6. The van der Waals surface area contributed by atoms with Gasteiger partial charge in [-0.25, -0.2) is 22.6 Å². The molecule has 7 heteroatoms. The van der Waals surface area contributed by atoms with Crippen molar-refractivity contribution in [2.24, 2.45) is 0 Å². The van der Waals surface area contributed by atoms with Crippen LogP contribution in [0.25, 0.3) is 0 Å². The summed E-state index contributed by atoms with van der Waals surface area (Å²) >= 11 is 0. The molecule has 1 atom stereocenters. The van der Waals surface area contributed by atoms with Crippen LogP contribution in [0.2, 0.25) is 0 Å². The molecule has 0 bridgehead atoms. The van der Waals surface area contributed by atoms with Crippen molar-refractivity contribution in [2.75, 3.05) is 0 Å². The van der Waals surface area contributed by atoms with Gasteiger partial charge >= 0.3 is 5.97 Å². The van der Waals surface area contributed by atoms with Crippen LogP contribution in [0, 0.1) is 0 Å². The minimum atomic E-state index is -3.29. The third-order valence-electron chi connectivity index (χ3n) is 1.33. The molecule has 1 unspecified atom stereocenters. The summed E-state index contributed by atoms with van der Waals surface area (Å²) in [4.78, 5) is 10.3. The first-order chi connectivity index (χ1) is 6.04. The van der Waals surface area contributed by atoms with Gasteiger partial charge < -0.3 is 5.11 Å². The molecule has 0 aliphatic carbocycles. The summed E-state index contributed by atoms with van der Waals surface area (Å²) in [5.74, 6) is -1.50. The highest BCUT2D eigenvalue weighted by atomic mass is 19.3. The van der Waals surface area contributed by atoms with Gasteiger partial charge in [-0.3, -0.25) is 0 Å². The van der Waals surface area contributed by atoms with Gasteiger partial charge in [0, 0.05) is 6.20 Å². The minimum Gasteiger partial charge on any atom is -0.477 e. The third kappa shape index (κ3) is 1.79. The molecule has 1 heterocycles. The van der Waals surface area contributed by atoms with Crippen LogP contribution >= 0.6 is 0 Å². The number of rotatable bonds is 3. The molecule has 0 amide bonds. The summed E-state index contributed by atoms with van der Waals surface area (Å²) < 4.78 is 36.3. The van der Waals surface area contributed by atoms with Crippen LogP contribution in [0.4, 0.5) is 13.2 Å². The number of alkyl halides is 3. The average molecular weight is 194 g/mol. The van der Waals surface area contributed by atoms with Crippen molar-refractivity contribution in [3.8, 4) is 0 Å². The largest absolute Gasteiger partial charge is 0.477 e. The SMILES string of the molecule is O=C(O)c1ccnn1C(F)C(F)F. The lowest BCUT2D eigenvalue weighted by atomic mass is 10.4. The van der Waals surface area contributed by atoms with Crippen molar-refractivity contribution < 1.29 is 23.1 Å². The number of halogens is 3. The van der Waals surface area contributed by atoms with Crippen LogP contribution in [0.1, 0.15) is 16.8 Å². The van der Waals surface area contributed by atoms with Crippen molar-refractivity contribution >= 4 is 5.97 Å². The zero-order valence-electron chi connectivity index (χ0n) is 6.19. The molecule has 0 aromatic carbocycles. The molecule has 1 rings (SSSR count). The zero-order valence-corrected chi connectivity index (χ0v) is 6.19. The molecule has 1 aromatic rings. The number of aromatic nitrogens is 2. The van der Waals surface area contributed by atoms with Crippen LogP contribution < -0.4 is 0 Å². The highest BCUT2D eigenvalue weighted by molar-refractivity contribution is 5.85. The van der Waals surface area contributed by atoms with E-state index < -0.39 is 24.4 Å². The summed E-state index contributed by atoms with van der Waals surface area (Å²) in [5.41, 5.74) is -0.604. The maximum atomic E-state index is 12.6. The molecule has 13 heavy (non-hydrogen) atoms. The van der Waals surface area contributed by atoms with E-state index in [1.54, 1.807) is 0 Å². The summed E-state index contributed by atoms with van der Waals surface area (Å²) in [7, 11) is 0. The fraction of sp³-hybridized carbons (Fsp3) is 0.333. The van der Waals surface area contributed by atoms with E-state index in [0.717, 1.165) is 12.3 Å². The fourth-order valence-corrected chi connectivity index (χ4v) is 0.787. The van der Waals surface area contributed by atoms with Crippen molar-refractivity contribution in [1.29, 1.82) is 0 Å². The van der Waals surface area contributed by atoms with Gasteiger partial charge in [-0.15, -0.1) is 0 Å². The van der Waals surface area contributed by atoms with E-state index in [1.165, 1.54) is 0 Å². The molecular formula is C6H5F3N2O2. The van der Waals surface area contributed by atoms with Gasteiger partial charge in [0.2, 0.25) is 0 Å². The Bertz CT molecular complexity index is 313. The molecule has 0 aliphatic heterocycles. The Labute approximate surface area is 70.6 Å². The molecule has 0 saturated carbocycles. The summed E-state index contributed by atoms with van der Waals surface area (Å²) in [6.45, 7) is 0. The third-order valence-corrected chi connectivity index (χ3v) is 1.33. The first-order valence-electron chi connectivity index (χ1n) is 3.23. The molecule has 1 N–H and O–H groups in total. The van der Waals surface area contributed by atoms with E-state index >= 15 is 0 Å². The second-order valence-electron chi connectivity index (χ2n) is 2.17. The Hall–Kier alpha value is -1.53. The molecular weight excluding hydrogens is 189 g/mol.